The maximum absolute atomic E-state index is 11.8. The van der Waals surface area contributed by atoms with Crippen LogP contribution in [0.25, 0.3) is 0 Å². The van der Waals surface area contributed by atoms with E-state index >= 15 is 0 Å². The van der Waals surface area contributed by atoms with E-state index in [1.807, 2.05) is 13.0 Å². The van der Waals surface area contributed by atoms with Crippen molar-refractivity contribution >= 4 is 17.5 Å². The topological polar surface area (TPSA) is 41.1 Å². The first-order chi connectivity index (χ1) is 8.16. The zero-order chi connectivity index (χ0) is 12.3. The van der Waals surface area contributed by atoms with Gasteiger partial charge >= 0.3 is 0 Å². The molecule has 1 aromatic carbocycles. The summed E-state index contributed by atoms with van der Waals surface area (Å²) in [6.45, 7) is 3.40. The van der Waals surface area contributed by atoms with Crippen molar-refractivity contribution in [2.24, 2.45) is 0 Å². The molecule has 0 bridgehead atoms. The Morgan fingerprint density at radius 3 is 2.82 bits per heavy atom. The number of carbonyl (C=O) groups excluding carboxylic acids is 1. The summed E-state index contributed by atoms with van der Waals surface area (Å²) in [5.74, 6) is -0.0653. The SMILES string of the molecule is Cc1ccc(C(=O)NCCNC2CC2)cc1Cl. The van der Waals surface area contributed by atoms with Gasteiger partial charge in [0.05, 0.1) is 0 Å². The van der Waals surface area contributed by atoms with Gasteiger partial charge in [-0.25, -0.2) is 0 Å². The smallest absolute Gasteiger partial charge is 0.251 e. The predicted molar refractivity (Wildman–Crippen MR) is 69.5 cm³/mol. The number of aryl methyl sites for hydroxylation is 1. The van der Waals surface area contributed by atoms with Crippen molar-refractivity contribution in [2.75, 3.05) is 13.1 Å². The Hall–Kier alpha value is -1.06. The van der Waals surface area contributed by atoms with Crippen molar-refractivity contribution in [3.8, 4) is 0 Å². The largest absolute Gasteiger partial charge is 0.351 e. The van der Waals surface area contributed by atoms with E-state index in [9.17, 15) is 4.79 Å². The molecule has 0 heterocycles. The molecule has 1 fully saturated rings. The summed E-state index contributed by atoms with van der Waals surface area (Å²) < 4.78 is 0. The Morgan fingerprint density at radius 1 is 1.41 bits per heavy atom. The second kappa shape index (κ2) is 5.52. The van der Waals surface area contributed by atoms with Crippen LogP contribution in [0.4, 0.5) is 0 Å². The molecule has 92 valence electrons. The third kappa shape index (κ3) is 3.72. The molecule has 1 aliphatic rings. The van der Waals surface area contributed by atoms with E-state index in [0.717, 1.165) is 12.1 Å². The van der Waals surface area contributed by atoms with E-state index in [2.05, 4.69) is 10.6 Å². The van der Waals surface area contributed by atoms with Crippen molar-refractivity contribution in [3.05, 3.63) is 34.3 Å². The Balaban J connectivity index is 1.79. The molecule has 2 N–H and O–H groups in total. The van der Waals surface area contributed by atoms with Gasteiger partial charge < -0.3 is 10.6 Å². The molecule has 2 rings (SSSR count). The summed E-state index contributed by atoms with van der Waals surface area (Å²) >= 11 is 5.98. The van der Waals surface area contributed by atoms with Crippen LogP contribution in [-0.2, 0) is 0 Å². The Labute approximate surface area is 107 Å². The van der Waals surface area contributed by atoms with Crippen LogP contribution in [0.5, 0.6) is 0 Å². The summed E-state index contributed by atoms with van der Waals surface area (Å²) in [7, 11) is 0. The highest BCUT2D eigenvalue weighted by atomic mass is 35.5. The van der Waals surface area contributed by atoms with E-state index in [1.54, 1.807) is 12.1 Å². The first-order valence-electron chi connectivity index (χ1n) is 5.94. The van der Waals surface area contributed by atoms with Gasteiger partial charge in [-0.05, 0) is 37.5 Å². The average molecular weight is 253 g/mol. The molecule has 17 heavy (non-hydrogen) atoms. The van der Waals surface area contributed by atoms with Crippen LogP contribution in [0.3, 0.4) is 0 Å². The molecular formula is C13H17ClN2O. The third-order valence-corrected chi connectivity index (χ3v) is 3.26. The average Bonchev–Trinajstić information content (AvgIpc) is 3.12. The lowest BCUT2D eigenvalue weighted by Crippen LogP contribution is -2.32. The maximum atomic E-state index is 11.8. The quantitative estimate of drug-likeness (QED) is 0.789. The molecule has 3 nitrogen and oxygen atoms in total. The molecule has 1 aromatic rings. The molecular weight excluding hydrogens is 236 g/mol. The second-order valence-corrected chi connectivity index (χ2v) is 4.86. The number of hydrogen-bond donors (Lipinski definition) is 2. The Bertz CT molecular complexity index is 416. The normalized spacial score (nSPS) is 14.7. The number of carbonyl (C=O) groups is 1. The molecule has 4 heteroatoms. The number of benzene rings is 1. The number of halogens is 1. The highest BCUT2D eigenvalue weighted by molar-refractivity contribution is 6.31. The van der Waals surface area contributed by atoms with Crippen molar-refractivity contribution in [1.82, 2.24) is 10.6 Å². The van der Waals surface area contributed by atoms with Crippen LogP contribution in [0, 0.1) is 6.92 Å². The fraction of sp³-hybridized carbons (Fsp3) is 0.462. The molecule has 0 aliphatic heterocycles. The molecule has 1 saturated carbocycles. The summed E-state index contributed by atoms with van der Waals surface area (Å²) in [5.41, 5.74) is 1.60. The summed E-state index contributed by atoms with van der Waals surface area (Å²) in [5, 5.41) is 6.84. The van der Waals surface area contributed by atoms with Gasteiger partial charge in [-0.2, -0.15) is 0 Å². The minimum absolute atomic E-state index is 0.0653. The van der Waals surface area contributed by atoms with Crippen LogP contribution >= 0.6 is 11.6 Å². The number of nitrogens with one attached hydrogen (secondary N) is 2. The van der Waals surface area contributed by atoms with Gasteiger partial charge in [0.1, 0.15) is 0 Å². The Morgan fingerprint density at radius 2 is 2.18 bits per heavy atom. The predicted octanol–water partition coefficient (Wildman–Crippen LogP) is 2.13. The zero-order valence-electron chi connectivity index (χ0n) is 9.92. The van der Waals surface area contributed by atoms with Crippen molar-refractivity contribution < 1.29 is 4.79 Å². The lowest BCUT2D eigenvalue weighted by molar-refractivity contribution is 0.0954. The van der Waals surface area contributed by atoms with Gasteiger partial charge in [0.15, 0.2) is 0 Å². The molecule has 1 aliphatic carbocycles. The van der Waals surface area contributed by atoms with Crippen LogP contribution in [0.2, 0.25) is 5.02 Å². The maximum Gasteiger partial charge on any atom is 0.251 e. The molecule has 0 atom stereocenters. The van der Waals surface area contributed by atoms with Gasteiger partial charge in [0.25, 0.3) is 5.91 Å². The third-order valence-electron chi connectivity index (χ3n) is 2.85. The summed E-state index contributed by atoms with van der Waals surface area (Å²) in [6, 6.07) is 6.05. The molecule has 0 unspecified atom stereocenters. The second-order valence-electron chi connectivity index (χ2n) is 4.45. The van der Waals surface area contributed by atoms with Crippen LogP contribution in [0.1, 0.15) is 28.8 Å². The van der Waals surface area contributed by atoms with E-state index in [0.29, 0.717) is 23.2 Å². The van der Waals surface area contributed by atoms with Crippen molar-refractivity contribution in [2.45, 2.75) is 25.8 Å². The van der Waals surface area contributed by atoms with Gasteiger partial charge in [-0.3, -0.25) is 4.79 Å². The monoisotopic (exact) mass is 252 g/mol. The van der Waals surface area contributed by atoms with E-state index in [-0.39, 0.29) is 5.91 Å². The van der Waals surface area contributed by atoms with Gasteiger partial charge in [0, 0.05) is 29.7 Å². The fourth-order valence-electron chi connectivity index (χ4n) is 1.58. The van der Waals surface area contributed by atoms with Gasteiger partial charge in [-0.15, -0.1) is 0 Å². The lowest BCUT2D eigenvalue weighted by Gasteiger charge is -2.07. The molecule has 0 radical (unpaired) electrons. The fourth-order valence-corrected chi connectivity index (χ4v) is 1.76. The first kappa shape index (κ1) is 12.4. The first-order valence-corrected chi connectivity index (χ1v) is 6.32. The number of hydrogen-bond acceptors (Lipinski definition) is 2. The minimum atomic E-state index is -0.0653. The highest BCUT2D eigenvalue weighted by Crippen LogP contribution is 2.18. The van der Waals surface area contributed by atoms with Crippen LogP contribution in [0.15, 0.2) is 18.2 Å². The van der Waals surface area contributed by atoms with E-state index in [4.69, 9.17) is 11.6 Å². The minimum Gasteiger partial charge on any atom is -0.351 e. The summed E-state index contributed by atoms with van der Waals surface area (Å²) in [4.78, 5) is 11.8. The summed E-state index contributed by atoms with van der Waals surface area (Å²) in [6.07, 6.45) is 2.53. The van der Waals surface area contributed by atoms with E-state index in [1.165, 1.54) is 12.8 Å². The molecule has 0 spiro atoms. The van der Waals surface area contributed by atoms with Crippen molar-refractivity contribution in [1.29, 1.82) is 0 Å². The van der Waals surface area contributed by atoms with Crippen LogP contribution in [-0.4, -0.2) is 25.0 Å². The lowest BCUT2D eigenvalue weighted by atomic mass is 10.1. The highest BCUT2D eigenvalue weighted by Gasteiger charge is 2.19. The van der Waals surface area contributed by atoms with E-state index < -0.39 is 0 Å². The number of rotatable bonds is 5. The Kier molecular flexibility index (Phi) is 4.02. The number of amides is 1. The van der Waals surface area contributed by atoms with Crippen molar-refractivity contribution in [3.63, 3.8) is 0 Å². The van der Waals surface area contributed by atoms with Gasteiger partial charge in [-0.1, -0.05) is 17.7 Å². The molecule has 1 amide bonds. The molecule has 0 aromatic heterocycles. The standard InChI is InChI=1S/C13H17ClN2O/c1-9-2-3-10(8-12(9)14)13(17)16-7-6-15-11-4-5-11/h2-3,8,11,15H,4-7H2,1H3,(H,16,17). The van der Waals surface area contributed by atoms with Gasteiger partial charge in [0.2, 0.25) is 0 Å². The zero-order valence-corrected chi connectivity index (χ0v) is 10.7. The molecule has 0 saturated heterocycles. The van der Waals surface area contributed by atoms with Crippen LogP contribution < -0.4 is 10.6 Å².